The number of phenolic OH excluding ortho intramolecular Hbond substituents is 1. The number of ether oxygens (including phenoxy) is 1. The van der Waals surface area contributed by atoms with E-state index < -0.39 is 0 Å². The second kappa shape index (κ2) is 8.89. The summed E-state index contributed by atoms with van der Waals surface area (Å²) >= 11 is 5.45. The number of likely N-dealkylation sites (tertiary alicyclic amines) is 1. The normalized spacial score (nSPS) is 19.7. The van der Waals surface area contributed by atoms with Crippen LogP contribution in [-0.4, -0.2) is 48.2 Å². The van der Waals surface area contributed by atoms with Gasteiger partial charge in [0.25, 0.3) is 0 Å². The van der Waals surface area contributed by atoms with E-state index >= 15 is 0 Å². The molecule has 2 aromatic carbocycles. The van der Waals surface area contributed by atoms with Crippen molar-refractivity contribution < 1.29 is 14.2 Å². The van der Waals surface area contributed by atoms with Gasteiger partial charge < -0.3 is 9.84 Å². The molecule has 1 N–H and O–H groups in total. The van der Waals surface area contributed by atoms with E-state index in [1.807, 2.05) is 24.3 Å². The van der Waals surface area contributed by atoms with E-state index in [9.17, 15) is 9.50 Å². The van der Waals surface area contributed by atoms with Crippen LogP contribution in [0.5, 0.6) is 11.5 Å². The number of phenols is 1. The van der Waals surface area contributed by atoms with E-state index in [0.29, 0.717) is 12.2 Å². The third kappa shape index (κ3) is 4.39. The monoisotopic (exact) mass is 463 g/mol. The summed E-state index contributed by atoms with van der Waals surface area (Å²) in [5, 5.41) is 9.77. The Kier molecular flexibility index (Phi) is 6.28. The van der Waals surface area contributed by atoms with Crippen LogP contribution >= 0.6 is 27.7 Å². The van der Waals surface area contributed by atoms with Crippen LogP contribution in [0.25, 0.3) is 5.57 Å². The van der Waals surface area contributed by atoms with Crippen LogP contribution in [0.4, 0.5) is 4.39 Å². The zero-order valence-corrected chi connectivity index (χ0v) is 17.9. The Labute approximate surface area is 177 Å². The van der Waals surface area contributed by atoms with Crippen LogP contribution in [0, 0.1) is 0 Å². The molecule has 2 aliphatic rings. The van der Waals surface area contributed by atoms with E-state index in [1.54, 1.807) is 17.8 Å². The predicted molar refractivity (Wildman–Crippen MR) is 116 cm³/mol. The van der Waals surface area contributed by atoms with Gasteiger partial charge >= 0.3 is 0 Å². The number of hydrogen-bond donors (Lipinski definition) is 1. The largest absolute Gasteiger partial charge is 0.508 e. The number of nitrogens with zero attached hydrogens (tertiary/aromatic N) is 1. The topological polar surface area (TPSA) is 32.7 Å². The third-order valence-electron chi connectivity index (χ3n) is 5.14. The molecule has 0 bridgehead atoms. The van der Waals surface area contributed by atoms with Crippen molar-refractivity contribution in [3.8, 4) is 11.5 Å². The van der Waals surface area contributed by atoms with Gasteiger partial charge in [0, 0.05) is 40.3 Å². The van der Waals surface area contributed by atoms with Crippen LogP contribution in [0.2, 0.25) is 0 Å². The lowest BCUT2D eigenvalue weighted by atomic mass is 9.97. The lowest BCUT2D eigenvalue weighted by Gasteiger charge is -2.21. The van der Waals surface area contributed by atoms with E-state index in [1.165, 1.54) is 5.57 Å². The molecule has 28 heavy (non-hydrogen) atoms. The molecule has 2 heterocycles. The molecule has 1 saturated heterocycles. The zero-order valence-electron chi connectivity index (χ0n) is 15.5. The maximum absolute atomic E-state index is 12.3. The number of rotatable bonds is 6. The Morgan fingerprint density at radius 1 is 1.21 bits per heavy atom. The van der Waals surface area contributed by atoms with Gasteiger partial charge in [-0.3, -0.25) is 9.29 Å². The molecule has 0 amide bonds. The van der Waals surface area contributed by atoms with Crippen molar-refractivity contribution in [2.24, 2.45) is 0 Å². The Hall–Kier alpha value is -1.50. The molecule has 6 heteroatoms. The fourth-order valence-corrected chi connectivity index (χ4v) is 5.52. The number of benzene rings is 2. The van der Waals surface area contributed by atoms with Crippen LogP contribution in [-0.2, 0) is 0 Å². The molecule has 4 rings (SSSR count). The number of alkyl halides is 1. The van der Waals surface area contributed by atoms with E-state index in [4.69, 9.17) is 4.74 Å². The number of thioether (sulfide) groups is 1. The molecule has 0 saturated carbocycles. The highest BCUT2D eigenvalue weighted by atomic mass is 79.9. The van der Waals surface area contributed by atoms with Gasteiger partial charge in [-0.05, 0) is 54.3 Å². The van der Waals surface area contributed by atoms with Crippen LogP contribution in [0.1, 0.15) is 24.0 Å². The standard InChI is InChI=1S/C22H23BrFNO2S/c23-20-14-28-21-12-16(26)4-7-19(21)22(20)15-2-5-17(6-3-15)27-18-8-11-25(13-18)10-1-9-24/h2-7,12,18,26H,1,8-11,13-14H2/t18-/m0/s1. The van der Waals surface area contributed by atoms with Crippen molar-refractivity contribution in [2.75, 3.05) is 32.1 Å². The van der Waals surface area contributed by atoms with E-state index in [-0.39, 0.29) is 12.8 Å². The Balaban J connectivity index is 1.47. The summed E-state index contributed by atoms with van der Waals surface area (Å²) in [6, 6.07) is 13.8. The van der Waals surface area contributed by atoms with Gasteiger partial charge in [-0.1, -0.05) is 28.1 Å². The number of halogens is 2. The van der Waals surface area contributed by atoms with Crippen LogP contribution in [0.15, 0.2) is 51.8 Å². The first-order chi connectivity index (χ1) is 13.6. The minimum absolute atomic E-state index is 0.172. The average Bonchev–Trinajstić information content (AvgIpc) is 3.14. The summed E-state index contributed by atoms with van der Waals surface area (Å²) in [4.78, 5) is 3.37. The fraction of sp³-hybridized carbons (Fsp3) is 0.364. The Morgan fingerprint density at radius 2 is 2.04 bits per heavy atom. The molecule has 0 radical (unpaired) electrons. The van der Waals surface area contributed by atoms with Crippen molar-refractivity contribution >= 4 is 33.3 Å². The maximum atomic E-state index is 12.3. The van der Waals surface area contributed by atoms with Gasteiger partial charge in [0.05, 0.1) is 6.67 Å². The summed E-state index contributed by atoms with van der Waals surface area (Å²) in [6.45, 7) is 2.40. The molecule has 0 aromatic heterocycles. The molecule has 0 aliphatic carbocycles. The molecule has 0 spiro atoms. The minimum atomic E-state index is -0.254. The highest BCUT2D eigenvalue weighted by molar-refractivity contribution is 9.12. The summed E-state index contributed by atoms with van der Waals surface area (Å²) in [7, 11) is 0. The molecular weight excluding hydrogens is 441 g/mol. The highest BCUT2D eigenvalue weighted by Crippen LogP contribution is 2.44. The van der Waals surface area contributed by atoms with Gasteiger partial charge in [-0.2, -0.15) is 0 Å². The maximum Gasteiger partial charge on any atom is 0.119 e. The quantitative estimate of drug-likeness (QED) is 0.615. The lowest BCUT2D eigenvalue weighted by molar-refractivity contribution is 0.198. The van der Waals surface area contributed by atoms with Crippen molar-refractivity contribution in [3.63, 3.8) is 0 Å². The van der Waals surface area contributed by atoms with Crippen molar-refractivity contribution in [1.82, 2.24) is 4.90 Å². The van der Waals surface area contributed by atoms with E-state index in [0.717, 1.165) is 58.1 Å². The van der Waals surface area contributed by atoms with Crippen molar-refractivity contribution in [2.45, 2.75) is 23.8 Å². The molecule has 2 aliphatic heterocycles. The molecule has 1 atom stereocenters. The van der Waals surface area contributed by atoms with Gasteiger partial charge in [-0.25, -0.2) is 0 Å². The van der Waals surface area contributed by atoms with Gasteiger partial charge in [0.2, 0.25) is 0 Å². The van der Waals surface area contributed by atoms with E-state index in [2.05, 4.69) is 33.0 Å². The smallest absolute Gasteiger partial charge is 0.119 e. The van der Waals surface area contributed by atoms with Gasteiger partial charge in [-0.15, -0.1) is 11.8 Å². The molecule has 3 nitrogen and oxygen atoms in total. The first kappa shape index (κ1) is 19.8. The molecule has 2 aromatic rings. The number of aromatic hydroxyl groups is 1. The second-order valence-electron chi connectivity index (χ2n) is 7.15. The predicted octanol–water partition coefficient (Wildman–Crippen LogP) is 5.46. The summed E-state index contributed by atoms with van der Waals surface area (Å²) in [6.07, 6.45) is 1.76. The zero-order chi connectivity index (χ0) is 19.5. The molecule has 0 unspecified atom stereocenters. The lowest BCUT2D eigenvalue weighted by Crippen LogP contribution is -2.26. The Morgan fingerprint density at radius 3 is 2.82 bits per heavy atom. The highest BCUT2D eigenvalue weighted by Gasteiger charge is 2.24. The average molecular weight is 464 g/mol. The first-order valence-corrected chi connectivity index (χ1v) is 11.3. The molecular formula is C22H23BrFNO2S. The van der Waals surface area contributed by atoms with Crippen molar-refractivity contribution in [1.29, 1.82) is 0 Å². The molecule has 148 valence electrons. The third-order valence-corrected chi connectivity index (χ3v) is 7.27. The molecule has 1 fully saturated rings. The fourth-order valence-electron chi connectivity index (χ4n) is 3.78. The van der Waals surface area contributed by atoms with Gasteiger partial charge in [0.15, 0.2) is 0 Å². The van der Waals surface area contributed by atoms with Crippen LogP contribution in [0.3, 0.4) is 0 Å². The number of fused-ring (bicyclic) bond motifs is 1. The Bertz CT molecular complexity index is 871. The minimum Gasteiger partial charge on any atom is -0.508 e. The summed E-state index contributed by atoms with van der Waals surface area (Å²) in [5.41, 5.74) is 3.43. The van der Waals surface area contributed by atoms with Gasteiger partial charge in [0.1, 0.15) is 17.6 Å². The SMILES string of the molecule is Oc1ccc2c(c1)SCC(Br)=C2c1ccc(O[C@H]2CCN(CCCF)C2)cc1. The number of hydrogen-bond acceptors (Lipinski definition) is 4. The summed E-state index contributed by atoms with van der Waals surface area (Å²) < 4.78 is 19.6. The van der Waals surface area contributed by atoms with Crippen LogP contribution < -0.4 is 4.74 Å². The first-order valence-electron chi connectivity index (χ1n) is 9.54. The van der Waals surface area contributed by atoms with Crippen molar-refractivity contribution in [3.05, 3.63) is 58.1 Å². The second-order valence-corrected chi connectivity index (χ2v) is 9.12. The summed E-state index contributed by atoms with van der Waals surface area (Å²) in [5.74, 6) is 2.01.